The first-order valence-electron chi connectivity index (χ1n) is 8.03. The zero-order valence-corrected chi connectivity index (χ0v) is 15.1. The summed E-state index contributed by atoms with van der Waals surface area (Å²) in [6, 6.07) is 6.48. The first-order chi connectivity index (χ1) is 13.3. The van der Waals surface area contributed by atoms with Gasteiger partial charge in [-0.1, -0.05) is 30.3 Å². The number of alkyl halides is 3. The van der Waals surface area contributed by atoms with E-state index in [-0.39, 0.29) is 22.9 Å². The normalized spacial score (nSPS) is 11.3. The molecule has 1 aromatic carbocycles. The average Bonchev–Trinajstić information content (AvgIpc) is 3.08. The summed E-state index contributed by atoms with van der Waals surface area (Å²) in [4.78, 5) is 20.3. The van der Waals surface area contributed by atoms with Crippen LogP contribution in [0.3, 0.4) is 0 Å². The molecule has 1 N–H and O–H groups in total. The number of amides is 1. The Morgan fingerprint density at radius 2 is 2.07 bits per heavy atom. The summed E-state index contributed by atoms with van der Waals surface area (Å²) < 4.78 is 40.0. The topological polar surface area (TPSA) is 59.8 Å². The van der Waals surface area contributed by atoms with Crippen molar-refractivity contribution in [3.05, 3.63) is 83.0 Å². The third-order valence-electron chi connectivity index (χ3n) is 3.82. The Morgan fingerprint density at radius 3 is 2.75 bits per heavy atom. The fourth-order valence-electron chi connectivity index (χ4n) is 2.48. The van der Waals surface area contributed by atoms with Gasteiger partial charge in [-0.2, -0.15) is 13.2 Å². The van der Waals surface area contributed by atoms with E-state index >= 15 is 0 Å². The monoisotopic (exact) mass is 406 g/mol. The molecule has 0 aliphatic heterocycles. The average molecular weight is 407 g/mol. The second-order valence-electron chi connectivity index (χ2n) is 5.88. The van der Waals surface area contributed by atoms with Gasteiger partial charge in [-0.3, -0.25) is 9.78 Å². The molecule has 0 spiro atoms. The maximum atomic E-state index is 12.8. The zero-order chi connectivity index (χ0) is 20.3. The number of hydrogen-bond acceptors (Lipinski definition) is 3. The summed E-state index contributed by atoms with van der Waals surface area (Å²) in [6.07, 6.45) is 1.37. The highest BCUT2D eigenvalue weighted by Gasteiger charge is 2.30. The van der Waals surface area contributed by atoms with E-state index in [4.69, 9.17) is 11.6 Å². The third kappa shape index (κ3) is 4.58. The molecule has 3 rings (SSSR count). The summed E-state index contributed by atoms with van der Waals surface area (Å²) in [5.41, 5.74) is 0.443. The Balaban J connectivity index is 1.70. The molecular weight excluding hydrogens is 393 g/mol. The molecule has 0 fully saturated rings. The molecule has 0 aliphatic carbocycles. The van der Waals surface area contributed by atoms with Crippen molar-refractivity contribution < 1.29 is 18.0 Å². The van der Waals surface area contributed by atoms with Crippen LogP contribution >= 0.6 is 11.6 Å². The molecule has 5 nitrogen and oxygen atoms in total. The van der Waals surface area contributed by atoms with Crippen LogP contribution < -0.4 is 5.32 Å². The van der Waals surface area contributed by atoms with Gasteiger partial charge in [-0.25, -0.2) is 4.98 Å². The number of anilines is 1. The van der Waals surface area contributed by atoms with Crippen LogP contribution in [0.5, 0.6) is 0 Å². The number of imidazole rings is 1. The molecule has 144 valence electrons. The van der Waals surface area contributed by atoms with Crippen molar-refractivity contribution in [1.29, 1.82) is 0 Å². The van der Waals surface area contributed by atoms with Crippen LogP contribution in [0, 0.1) is 0 Å². The fraction of sp³-hybridized carbons (Fsp3) is 0.105. The standard InChI is InChI=1S/C19H14ClF3N4O/c1-2-16-15(20)7-13(8-24-16)18(28)26-17-10-27(11-25-17)9-12-4-3-5-14(6-12)19(21,22)23/h2-8,10-11H,1,9H2,(H,26,28). The van der Waals surface area contributed by atoms with Crippen LogP contribution in [0.4, 0.5) is 19.0 Å². The van der Waals surface area contributed by atoms with Gasteiger partial charge in [0.2, 0.25) is 0 Å². The Kier molecular flexibility index (Phi) is 5.51. The van der Waals surface area contributed by atoms with Crippen molar-refractivity contribution in [2.45, 2.75) is 12.7 Å². The Labute approximate surface area is 163 Å². The van der Waals surface area contributed by atoms with E-state index in [2.05, 4.69) is 21.9 Å². The summed E-state index contributed by atoms with van der Waals surface area (Å²) in [5.74, 6) is -0.213. The smallest absolute Gasteiger partial charge is 0.331 e. The highest BCUT2D eigenvalue weighted by Crippen LogP contribution is 2.29. The molecule has 2 heterocycles. The van der Waals surface area contributed by atoms with Crippen LogP contribution in [0.15, 0.2) is 55.6 Å². The van der Waals surface area contributed by atoms with Gasteiger partial charge in [0.15, 0.2) is 5.82 Å². The second kappa shape index (κ2) is 7.85. The number of nitrogens with one attached hydrogen (secondary N) is 1. The van der Waals surface area contributed by atoms with E-state index in [1.165, 1.54) is 36.9 Å². The van der Waals surface area contributed by atoms with Gasteiger partial charge in [-0.15, -0.1) is 0 Å². The van der Waals surface area contributed by atoms with Crippen molar-refractivity contribution >= 4 is 29.4 Å². The molecule has 28 heavy (non-hydrogen) atoms. The lowest BCUT2D eigenvalue weighted by atomic mass is 10.1. The Morgan fingerprint density at radius 1 is 1.29 bits per heavy atom. The molecule has 0 saturated heterocycles. The summed E-state index contributed by atoms with van der Waals surface area (Å²) >= 11 is 6.00. The molecule has 2 aromatic heterocycles. The minimum atomic E-state index is -4.40. The molecule has 0 aliphatic rings. The molecule has 1 amide bonds. The highest BCUT2D eigenvalue weighted by atomic mass is 35.5. The number of rotatable bonds is 5. The van der Waals surface area contributed by atoms with Gasteiger partial charge >= 0.3 is 6.18 Å². The van der Waals surface area contributed by atoms with Crippen LogP contribution in [-0.4, -0.2) is 20.4 Å². The highest BCUT2D eigenvalue weighted by molar-refractivity contribution is 6.32. The number of hydrogen-bond donors (Lipinski definition) is 1. The van der Waals surface area contributed by atoms with Crippen LogP contribution in [-0.2, 0) is 12.7 Å². The van der Waals surface area contributed by atoms with E-state index in [0.29, 0.717) is 11.3 Å². The summed E-state index contributed by atoms with van der Waals surface area (Å²) in [6.45, 7) is 3.74. The van der Waals surface area contributed by atoms with Crippen molar-refractivity contribution in [3.8, 4) is 0 Å². The van der Waals surface area contributed by atoms with Crippen LogP contribution in [0.2, 0.25) is 5.02 Å². The summed E-state index contributed by atoms with van der Waals surface area (Å²) in [5, 5.41) is 2.88. The first-order valence-corrected chi connectivity index (χ1v) is 8.41. The first kappa shape index (κ1) is 19.6. The van der Waals surface area contributed by atoms with Gasteiger partial charge in [-0.05, 0) is 29.8 Å². The molecular formula is C19H14ClF3N4O. The van der Waals surface area contributed by atoms with Crippen molar-refractivity contribution in [2.75, 3.05) is 5.32 Å². The number of pyridine rings is 1. The lowest BCUT2D eigenvalue weighted by Gasteiger charge is -2.09. The van der Waals surface area contributed by atoms with Crippen molar-refractivity contribution in [3.63, 3.8) is 0 Å². The largest absolute Gasteiger partial charge is 0.416 e. The van der Waals surface area contributed by atoms with Gasteiger partial charge in [0.1, 0.15) is 0 Å². The van der Waals surface area contributed by atoms with Crippen LogP contribution in [0.1, 0.15) is 27.2 Å². The molecule has 0 saturated carbocycles. The molecule has 0 unspecified atom stereocenters. The molecule has 3 aromatic rings. The Hall–Kier alpha value is -3.13. The number of carbonyl (C=O) groups is 1. The van der Waals surface area contributed by atoms with Crippen molar-refractivity contribution in [1.82, 2.24) is 14.5 Å². The van der Waals surface area contributed by atoms with E-state index in [0.717, 1.165) is 12.1 Å². The number of aromatic nitrogens is 3. The maximum Gasteiger partial charge on any atom is 0.416 e. The number of nitrogens with zero attached hydrogens (tertiary/aromatic N) is 3. The summed E-state index contributed by atoms with van der Waals surface area (Å²) in [7, 11) is 0. The van der Waals surface area contributed by atoms with E-state index in [1.807, 2.05) is 0 Å². The van der Waals surface area contributed by atoms with E-state index in [1.54, 1.807) is 10.6 Å². The predicted molar refractivity (Wildman–Crippen MR) is 100 cm³/mol. The van der Waals surface area contributed by atoms with Gasteiger partial charge < -0.3 is 9.88 Å². The van der Waals surface area contributed by atoms with E-state index in [9.17, 15) is 18.0 Å². The quantitative estimate of drug-likeness (QED) is 0.656. The lowest BCUT2D eigenvalue weighted by molar-refractivity contribution is -0.137. The zero-order valence-electron chi connectivity index (χ0n) is 14.4. The van der Waals surface area contributed by atoms with Crippen LogP contribution in [0.25, 0.3) is 6.08 Å². The minimum absolute atomic E-state index is 0.175. The Bertz CT molecular complexity index is 1030. The van der Waals surface area contributed by atoms with Gasteiger partial charge in [0.05, 0.1) is 28.2 Å². The SMILES string of the molecule is C=Cc1ncc(C(=O)Nc2cn(Cc3cccc(C(F)(F)F)c3)cn2)cc1Cl. The van der Waals surface area contributed by atoms with E-state index < -0.39 is 17.6 Å². The molecule has 0 bridgehead atoms. The number of carbonyl (C=O) groups excluding carboxylic acids is 1. The third-order valence-corrected chi connectivity index (χ3v) is 4.12. The van der Waals surface area contributed by atoms with Gasteiger partial charge in [0.25, 0.3) is 5.91 Å². The number of halogens is 4. The maximum absolute atomic E-state index is 12.8. The predicted octanol–water partition coefficient (Wildman–Crippen LogP) is 4.89. The van der Waals surface area contributed by atoms with Gasteiger partial charge in [0, 0.05) is 18.9 Å². The second-order valence-corrected chi connectivity index (χ2v) is 6.29. The lowest BCUT2D eigenvalue weighted by Crippen LogP contribution is -2.12. The molecule has 9 heteroatoms. The molecule has 0 radical (unpaired) electrons. The fourth-order valence-corrected chi connectivity index (χ4v) is 2.72. The van der Waals surface area contributed by atoms with Crippen molar-refractivity contribution in [2.24, 2.45) is 0 Å². The number of benzene rings is 1. The minimum Gasteiger partial charge on any atom is -0.331 e. The molecule has 0 atom stereocenters.